The van der Waals surface area contributed by atoms with Gasteiger partial charge < -0.3 is 20.1 Å². The minimum Gasteiger partial charge on any atom is -0.490 e. The number of amides is 1. The highest BCUT2D eigenvalue weighted by atomic mass is 79.9. The van der Waals surface area contributed by atoms with Gasteiger partial charge in [0.05, 0.1) is 12.6 Å². The first kappa shape index (κ1) is 24.6. The number of ether oxygens (including phenoxy) is 2. The van der Waals surface area contributed by atoms with Gasteiger partial charge in [0.15, 0.2) is 22.3 Å². The minimum atomic E-state index is -1.13. The Morgan fingerprint density at radius 3 is 2.69 bits per heavy atom. The summed E-state index contributed by atoms with van der Waals surface area (Å²) in [6, 6.07) is 19.2. The predicted molar refractivity (Wildman–Crippen MR) is 150 cm³/mol. The summed E-state index contributed by atoms with van der Waals surface area (Å²) in [7, 11) is 0. The van der Waals surface area contributed by atoms with Crippen molar-refractivity contribution in [2.45, 2.75) is 39.5 Å². The van der Waals surface area contributed by atoms with Gasteiger partial charge in [0, 0.05) is 21.4 Å². The van der Waals surface area contributed by atoms with Crippen molar-refractivity contribution in [3.05, 3.63) is 81.8 Å². The third kappa shape index (κ3) is 4.12. The zero-order valence-corrected chi connectivity index (χ0v) is 23.0. The van der Waals surface area contributed by atoms with Gasteiger partial charge in [-0.3, -0.25) is 9.69 Å². The zero-order chi connectivity index (χ0) is 25.6. The number of benzene rings is 3. The molecular weight excluding hydrogens is 538 g/mol. The highest BCUT2D eigenvalue weighted by Gasteiger charge is 2.59. The number of aryl methyl sites for hydroxylation is 2. The molecule has 36 heavy (non-hydrogen) atoms. The number of nitrogens with zero attached hydrogens (tertiary/aromatic N) is 1. The summed E-state index contributed by atoms with van der Waals surface area (Å²) in [5.74, 6) is 0.478. The van der Waals surface area contributed by atoms with E-state index in [1.54, 1.807) is 0 Å². The lowest BCUT2D eigenvalue weighted by molar-refractivity contribution is -0.130. The van der Waals surface area contributed by atoms with Crippen LogP contribution in [0.4, 0.5) is 11.4 Å². The van der Waals surface area contributed by atoms with E-state index in [1.165, 1.54) is 0 Å². The number of carbonyl (C=O) groups excluding carboxylic acids is 1. The van der Waals surface area contributed by atoms with E-state index in [4.69, 9.17) is 21.7 Å². The van der Waals surface area contributed by atoms with Crippen molar-refractivity contribution in [2.75, 3.05) is 16.8 Å². The Morgan fingerprint density at radius 2 is 1.97 bits per heavy atom. The Balaban J connectivity index is 1.65. The molecule has 6 nitrogen and oxygen atoms in total. The largest absolute Gasteiger partial charge is 0.490 e. The fourth-order valence-corrected chi connectivity index (χ4v) is 6.01. The number of thiocarbonyl (C=S) groups is 1. The number of para-hydroxylation sites is 1. The molecule has 1 amide bonds. The van der Waals surface area contributed by atoms with Crippen LogP contribution in [0.2, 0.25) is 0 Å². The lowest BCUT2D eigenvalue weighted by Crippen LogP contribution is -2.72. The van der Waals surface area contributed by atoms with Gasteiger partial charge in [-0.25, -0.2) is 0 Å². The Kier molecular flexibility index (Phi) is 6.43. The monoisotopic (exact) mass is 565 g/mol. The molecule has 1 fully saturated rings. The third-order valence-electron chi connectivity index (χ3n) is 6.78. The van der Waals surface area contributed by atoms with E-state index in [0.29, 0.717) is 23.2 Å². The van der Waals surface area contributed by atoms with Crippen LogP contribution in [-0.4, -0.2) is 23.4 Å². The van der Waals surface area contributed by atoms with Crippen LogP contribution in [0.15, 0.2) is 65.1 Å². The summed E-state index contributed by atoms with van der Waals surface area (Å²) in [4.78, 5) is 15.9. The Morgan fingerprint density at radius 1 is 1.19 bits per heavy atom. The number of halogens is 1. The molecule has 0 radical (unpaired) electrons. The van der Waals surface area contributed by atoms with Gasteiger partial charge in [-0.05, 0) is 75.8 Å². The average molecular weight is 567 g/mol. The molecule has 2 aliphatic rings. The van der Waals surface area contributed by atoms with E-state index in [9.17, 15) is 4.79 Å². The van der Waals surface area contributed by atoms with Gasteiger partial charge in [0.2, 0.25) is 5.91 Å². The molecule has 2 heterocycles. The maximum atomic E-state index is 14.1. The second-order valence-corrected chi connectivity index (χ2v) is 10.6. The molecule has 8 heteroatoms. The number of carbonyl (C=O) groups is 1. The number of nitrogens with one attached hydrogen (secondary N) is 2. The molecule has 3 aromatic rings. The van der Waals surface area contributed by atoms with Crippen molar-refractivity contribution >= 4 is 50.5 Å². The average Bonchev–Trinajstić information content (AvgIpc) is 2.81. The van der Waals surface area contributed by atoms with Gasteiger partial charge in [-0.2, -0.15) is 0 Å². The fraction of sp³-hybridized carbons (Fsp3) is 0.286. The number of hydrogen-bond acceptors (Lipinski definition) is 4. The zero-order valence-electron chi connectivity index (χ0n) is 20.6. The molecule has 0 saturated carbocycles. The van der Waals surface area contributed by atoms with Crippen molar-refractivity contribution in [2.24, 2.45) is 5.92 Å². The molecule has 0 spiro atoms. The molecule has 0 aromatic heterocycles. The van der Waals surface area contributed by atoms with Crippen molar-refractivity contribution < 1.29 is 14.3 Å². The quantitative estimate of drug-likeness (QED) is 0.356. The second kappa shape index (κ2) is 9.41. The molecule has 186 valence electrons. The lowest BCUT2D eigenvalue weighted by Gasteiger charge is -2.56. The molecule has 3 aromatic carbocycles. The standard InChI is InChI=1S/C28H28BrN3O3S/c1-5-34-22-11-7-10-20-24-23(26(33)30-21-13-12-16(2)14-17(21)3)28(4,35-25(20)22)32(27(36)31-24)19-9-6-8-18(29)15-19/h6-15,23-24H,5H2,1-4H3,(H,30,33)(H,31,36)/t23-,24+,28+/m0/s1. The van der Waals surface area contributed by atoms with Crippen LogP contribution in [-0.2, 0) is 4.79 Å². The fourth-order valence-electron chi connectivity index (χ4n) is 5.21. The van der Waals surface area contributed by atoms with Gasteiger partial charge >= 0.3 is 0 Å². The first-order valence-corrected chi connectivity index (χ1v) is 13.1. The third-order valence-corrected chi connectivity index (χ3v) is 7.57. The number of rotatable bonds is 5. The highest BCUT2D eigenvalue weighted by molar-refractivity contribution is 9.10. The van der Waals surface area contributed by atoms with Crippen molar-refractivity contribution in [3.8, 4) is 11.5 Å². The second-order valence-electron chi connectivity index (χ2n) is 9.29. The Labute approximate surface area is 225 Å². The van der Waals surface area contributed by atoms with E-state index >= 15 is 0 Å². The first-order valence-electron chi connectivity index (χ1n) is 11.9. The normalized spacial score (nSPS) is 22.2. The summed E-state index contributed by atoms with van der Waals surface area (Å²) in [6.45, 7) is 8.39. The summed E-state index contributed by atoms with van der Waals surface area (Å²) in [5, 5.41) is 7.10. The van der Waals surface area contributed by atoms with Crippen LogP contribution in [0, 0.1) is 19.8 Å². The summed E-state index contributed by atoms with van der Waals surface area (Å²) in [5.41, 5.74) is 3.44. The van der Waals surface area contributed by atoms with Crippen LogP contribution < -0.4 is 25.0 Å². The first-order chi connectivity index (χ1) is 17.2. The van der Waals surface area contributed by atoms with Crippen molar-refractivity contribution in [3.63, 3.8) is 0 Å². The maximum Gasteiger partial charge on any atom is 0.236 e. The van der Waals surface area contributed by atoms with E-state index in [1.807, 2.05) is 87.2 Å². The number of anilines is 2. The van der Waals surface area contributed by atoms with Gasteiger partial charge in [0.1, 0.15) is 5.92 Å². The van der Waals surface area contributed by atoms with Crippen LogP contribution in [0.5, 0.6) is 11.5 Å². The lowest BCUT2D eigenvalue weighted by atomic mass is 9.78. The van der Waals surface area contributed by atoms with E-state index in [-0.39, 0.29) is 5.91 Å². The molecular formula is C28H28BrN3O3S. The van der Waals surface area contributed by atoms with Crippen LogP contribution in [0.3, 0.4) is 0 Å². The van der Waals surface area contributed by atoms with E-state index < -0.39 is 17.7 Å². The molecule has 0 unspecified atom stereocenters. The molecule has 0 aliphatic carbocycles. The van der Waals surface area contributed by atoms with Crippen LogP contribution in [0.1, 0.15) is 36.6 Å². The van der Waals surface area contributed by atoms with Crippen molar-refractivity contribution in [1.29, 1.82) is 0 Å². The van der Waals surface area contributed by atoms with E-state index in [0.717, 1.165) is 32.5 Å². The Hall–Kier alpha value is -3.10. The van der Waals surface area contributed by atoms with Crippen LogP contribution >= 0.6 is 28.1 Å². The molecule has 2 N–H and O–H groups in total. The number of hydrogen-bond donors (Lipinski definition) is 2. The summed E-state index contributed by atoms with van der Waals surface area (Å²) < 4.78 is 13.6. The SMILES string of the molecule is CCOc1cccc2c1O[C@]1(C)[C@H](C(=O)Nc3ccc(C)cc3C)[C@@H]2NC(=S)N1c1cccc(Br)c1. The highest BCUT2D eigenvalue weighted by Crippen LogP contribution is 2.52. The van der Waals surface area contributed by atoms with Crippen molar-refractivity contribution in [1.82, 2.24) is 5.32 Å². The van der Waals surface area contributed by atoms with Gasteiger partial charge in [-0.15, -0.1) is 0 Å². The summed E-state index contributed by atoms with van der Waals surface area (Å²) >= 11 is 9.42. The Bertz CT molecular complexity index is 1360. The van der Waals surface area contributed by atoms with E-state index in [2.05, 4.69) is 32.6 Å². The molecule has 1 saturated heterocycles. The number of fused-ring (bicyclic) bond motifs is 4. The van der Waals surface area contributed by atoms with Crippen LogP contribution in [0.25, 0.3) is 0 Å². The van der Waals surface area contributed by atoms with Gasteiger partial charge in [0.25, 0.3) is 0 Å². The smallest absolute Gasteiger partial charge is 0.236 e. The molecule has 2 aliphatic heterocycles. The minimum absolute atomic E-state index is 0.156. The summed E-state index contributed by atoms with van der Waals surface area (Å²) in [6.07, 6.45) is 0. The maximum absolute atomic E-state index is 14.1. The topological polar surface area (TPSA) is 62.8 Å². The van der Waals surface area contributed by atoms with Gasteiger partial charge in [-0.1, -0.05) is 51.8 Å². The molecule has 2 bridgehead atoms. The predicted octanol–water partition coefficient (Wildman–Crippen LogP) is 6.26. The molecule has 5 rings (SSSR count). The molecule has 3 atom stereocenters.